The number of aryl methyl sites for hydroxylation is 2. The molecule has 2 nitrogen and oxygen atoms in total. The lowest BCUT2D eigenvalue weighted by atomic mass is 9.95. The largest absolute Gasteiger partial charge is 0.493 e. The summed E-state index contributed by atoms with van der Waals surface area (Å²) >= 11 is 3.58. The van der Waals surface area contributed by atoms with Crippen molar-refractivity contribution < 1.29 is 4.74 Å². The highest BCUT2D eigenvalue weighted by molar-refractivity contribution is 9.10. The Bertz CT molecular complexity index is 681. The minimum absolute atomic E-state index is 0.0449. The van der Waals surface area contributed by atoms with Gasteiger partial charge < -0.3 is 10.5 Å². The molecular formula is C18H20BrNO. The number of fused-ring (bicyclic) bond motifs is 1. The molecule has 2 N–H and O–H groups in total. The summed E-state index contributed by atoms with van der Waals surface area (Å²) in [6, 6.07) is 10.7. The van der Waals surface area contributed by atoms with E-state index < -0.39 is 0 Å². The van der Waals surface area contributed by atoms with Crippen LogP contribution in [-0.2, 0) is 12.8 Å². The van der Waals surface area contributed by atoms with Gasteiger partial charge in [-0.3, -0.25) is 0 Å². The van der Waals surface area contributed by atoms with Gasteiger partial charge in [-0.05, 0) is 54.7 Å². The van der Waals surface area contributed by atoms with Crippen molar-refractivity contribution >= 4 is 15.9 Å². The molecule has 0 fully saturated rings. The Hall–Kier alpha value is -1.32. The molecule has 0 spiro atoms. The summed E-state index contributed by atoms with van der Waals surface area (Å²) in [5, 5.41) is 0. The molecule has 1 unspecified atom stereocenters. The van der Waals surface area contributed by atoms with Crippen molar-refractivity contribution in [3.63, 3.8) is 0 Å². The van der Waals surface area contributed by atoms with Gasteiger partial charge >= 0.3 is 0 Å². The maximum absolute atomic E-state index is 6.46. The van der Waals surface area contributed by atoms with Crippen LogP contribution in [0.2, 0.25) is 0 Å². The highest BCUT2D eigenvalue weighted by Crippen LogP contribution is 2.36. The average molecular weight is 346 g/mol. The van der Waals surface area contributed by atoms with Gasteiger partial charge in [-0.15, -0.1) is 0 Å². The summed E-state index contributed by atoms with van der Waals surface area (Å²) in [4.78, 5) is 0. The van der Waals surface area contributed by atoms with Crippen molar-refractivity contribution in [3.05, 3.63) is 62.6 Å². The van der Waals surface area contributed by atoms with Crippen LogP contribution in [0, 0.1) is 13.8 Å². The van der Waals surface area contributed by atoms with Crippen molar-refractivity contribution in [1.29, 1.82) is 0 Å². The molecule has 1 heterocycles. The van der Waals surface area contributed by atoms with Gasteiger partial charge in [-0.25, -0.2) is 0 Å². The average Bonchev–Trinajstić information content (AvgIpc) is 2.90. The first-order valence-corrected chi connectivity index (χ1v) is 8.10. The predicted octanol–water partition coefficient (Wildman–Crippen LogP) is 4.24. The Morgan fingerprint density at radius 1 is 1.19 bits per heavy atom. The second-order valence-corrected chi connectivity index (χ2v) is 6.73. The maximum atomic E-state index is 6.46. The first-order valence-electron chi connectivity index (χ1n) is 7.31. The lowest BCUT2D eigenvalue weighted by Crippen LogP contribution is -2.14. The number of hydrogen-bond acceptors (Lipinski definition) is 2. The topological polar surface area (TPSA) is 35.2 Å². The summed E-state index contributed by atoms with van der Waals surface area (Å²) in [5.74, 6) is 0.995. The Morgan fingerprint density at radius 3 is 2.76 bits per heavy atom. The van der Waals surface area contributed by atoms with Gasteiger partial charge in [0, 0.05) is 22.5 Å². The molecule has 110 valence electrons. The van der Waals surface area contributed by atoms with Gasteiger partial charge in [0.05, 0.1) is 6.61 Å². The number of rotatable bonds is 3. The molecule has 1 aliphatic heterocycles. The van der Waals surface area contributed by atoms with Crippen molar-refractivity contribution in [1.82, 2.24) is 0 Å². The molecule has 0 bridgehead atoms. The van der Waals surface area contributed by atoms with Crippen LogP contribution >= 0.6 is 15.9 Å². The van der Waals surface area contributed by atoms with Crippen LogP contribution in [0.3, 0.4) is 0 Å². The van der Waals surface area contributed by atoms with E-state index in [1.807, 2.05) is 0 Å². The molecule has 0 saturated carbocycles. The quantitative estimate of drug-likeness (QED) is 0.902. The fourth-order valence-corrected chi connectivity index (χ4v) is 3.39. The third-order valence-electron chi connectivity index (χ3n) is 4.20. The van der Waals surface area contributed by atoms with E-state index in [4.69, 9.17) is 10.5 Å². The summed E-state index contributed by atoms with van der Waals surface area (Å²) in [6.45, 7) is 5.04. The van der Waals surface area contributed by atoms with E-state index in [0.29, 0.717) is 0 Å². The Labute approximate surface area is 134 Å². The first-order chi connectivity index (χ1) is 10.0. The molecule has 1 atom stereocenters. The van der Waals surface area contributed by atoms with Crippen molar-refractivity contribution in [2.24, 2.45) is 5.73 Å². The molecular weight excluding hydrogens is 326 g/mol. The smallest absolute Gasteiger partial charge is 0.127 e. The highest BCUT2D eigenvalue weighted by Gasteiger charge is 2.21. The molecule has 2 aromatic rings. The van der Waals surface area contributed by atoms with Crippen molar-refractivity contribution in [2.75, 3.05) is 6.61 Å². The molecule has 0 amide bonds. The molecule has 0 aromatic heterocycles. The van der Waals surface area contributed by atoms with E-state index in [2.05, 4.69) is 60.1 Å². The predicted molar refractivity (Wildman–Crippen MR) is 89.9 cm³/mol. The SMILES string of the molecule is Cc1ccc(CC(N)c2cc(Br)cc3c2OCC3)cc1C. The fourth-order valence-electron chi connectivity index (χ4n) is 2.87. The van der Waals surface area contributed by atoms with Gasteiger partial charge in [-0.1, -0.05) is 34.1 Å². The zero-order valence-electron chi connectivity index (χ0n) is 12.4. The normalized spacial score (nSPS) is 14.7. The van der Waals surface area contributed by atoms with Crippen LogP contribution in [0.5, 0.6) is 5.75 Å². The minimum atomic E-state index is -0.0449. The van der Waals surface area contributed by atoms with Crippen LogP contribution in [0.25, 0.3) is 0 Å². The Balaban J connectivity index is 1.89. The number of nitrogens with two attached hydrogens (primary N) is 1. The second-order valence-electron chi connectivity index (χ2n) is 5.81. The van der Waals surface area contributed by atoms with E-state index in [1.165, 1.54) is 22.3 Å². The van der Waals surface area contributed by atoms with Crippen LogP contribution in [0.4, 0.5) is 0 Å². The molecule has 3 rings (SSSR count). The summed E-state index contributed by atoms with van der Waals surface area (Å²) in [5.41, 5.74) is 12.7. The molecule has 21 heavy (non-hydrogen) atoms. The molecule has 0 radical (unpaired) electrons. The van der Waals surface area contributed by atoms with Gasteiger partial charge in [0.1, 0.15) is 5.75 Å². The molecule has 2 aromatic carbocycles. The molecule has 1 aliphatic rings. The lowest BCUT2D eigenvalue weighted by molar-refractivity contribution is 0.351. The van der Waals surface area contributed by atoms with Crippen LogP contribution in [0.1, 0.15) is 33.9 Å². The van der Waals surface area contributed by atoms with E-state index >= 15 is 0 Å². The molecule has 0 saturated heterocycles. The van der Waals surface area contributed by atoms with E-state index in [1.54, 1.807) is 0 Å². The lowest BCUT2D eigenvalue weighted by Gasteiger charge is -2.17. The minimum Gasteiger partial charge on any atom is -0.493 e. The Kier molecular flexibility index (Phi) is 4.05. The van der Waals surface area contributed by atoms with E-state index in [0.717, 1.165) is 35.2 Å². The first kappa shape index (κ1) is 14.6. The highest BCUT2D eigenvalue weighted by atomic mass is 79.9. The molecule has 0 aliphatic carbocycles. The monoisotopic (exact) mass is 345 g/mol. The number of hydrogen-bond donors (Lipinski definition) is 1. The standard InChI is InChI=1S/C18H20BrNO/c1-11-3-4-13(7-12(11)2)8-17(20)16-10-15(19)9-14-5-6-21-18(14)16/h3-4,7,9-10,17H,5-6,8,20H2,1-2H3. The third-order valence-corrected chi connectivity index (χ3v) is 4.66. The van der Waals surface area contributed by atoms with Gasteiger partial charge in [0.2, 0.25) is 0 Å². The van der Waals surface area contributed by atoms with E-state index in [-0.39, 0.29) is 6.04 Å². The van der Waals surface area contributed by atoms with Crippen LogP contribution in [-0.4, -0.2) is 6.61 Å². The summed E-state index contributed by atoms with van der Waals surface area (Å²) in [7, 11) is 0. The fraction of sp³-hybridized carbons (Fsp3) is 0.333. The van der Waals surface area contributed by atoms with Crippen LogP contribution < -0.4 is 10.5 Å². The number of halogens is 1. The molecule has 3 heteroatoms. The zero-order chi connectivity index (χ0) is 15.0. The van der Waals surface area contributed by atoms with Crippen molar-refractivity contribution in [3.8, 4) is 5.75 Å². The third kappa shape index (κ3) is 2.99. The zero-order valence-corrected chi connectivity index (χ0v) is 14.0. The number of ether oxygens (including phenoxy) is 1. The van der Waals surface area contributed by atoms with Crippen LogP contribution in [0.15, 0.2) is 34.8 Å². The van der Waals surface area contributed by atoms with Gasteiger partial charge in [-0.2, -0.15) is 0 Å². The maximum Gasteiger partial charge on any atom is 0.127 e. The summed E-state index contributed by atoms with van der Waals surface area (Å²) < 4.78 is 6.87. The van der Waals surface area contributed by atoms with E-state index in [9.17, 15) is 0 Å². The van der Waals surface area contributed by atoms with Gasteiger partial charge in [0.25, 0.3) is 0 Å². The van der Waals surface area contributed by atoms with Gasteiger partial charge in [0.15, 0.2) is 0 Å². The summed E-state index contributed by atoms with van der Waals surface area (Å²) in [6.07, 6.45) is 1.80. The Morgan fingerprint density at radius 2 is 2.00 bits per heavy atom. The van der Waals surface area contributed by atoms with Crippen molar-refractivity contribution in [2.45, 2.75) is 32.7 Å². The second kappa shape index (κ2) is 5.82. The number of benzene rings is 2.